The number of carbonyl (C=O) groups excluding carboxylic acids is 1. The smallest absolute Gasteiger partial charge is 0.406 e. The third-order valence-corrected chi connectivity index (χ3v) is 4.47. The molecule has 3 aromatic rings. The van der Waals surface area contributed by atoms with E-state index in [1.807, 2.05) is 31.2 Å². The normalized spacial score (nSPS) is 11.5. The Morgan fingerprint density at radius 3 is 2.44 bits per heavy atom. The molecule has 0 N–H and O–H groups in total. The number of aromatic nitrogens is 1. The monoisotopic (exact) mass is 366 g/mol. The molecule has 130 valence electrons. The van der Waals surface area contributed by atoms with Gasteiger partial charge in [-0.2, -0.15) is 0 Å². The molecule has 2 aromatic carbocycles. The van der Waals surface area contributed by atoms with Gasteiger partial charge in [0.05, 0.1) is 10.2 Å². The number of thiazole rings is 1. The first-order valence-corrected chi connectivity index (χ1v) is 8.22. The molecule has 0 radical (unpaired) electrons. The Bertz CT molecular complexity index is 858. The number of hydrogen-bond donors (Lipinski definition) is 0. The number of rotatable bonds is 4. The van der Waals surface area contributed by atoms with Crippen molar-refractivity contribution in [2.75, 3.05) is 11.4 Å². The third-order valence-electron chi connectivity index (χ3n) is 3.41. The van der Waals surface area contributed by atoms with Gasteiger partial charge in [0.1, 0.15) is 5.75 Å². The average Bonchev–Trinajstić information content (AvgIpc) is 2.98. The molecule has 3 rings (SSSR count). The summed E-state index contributed by atoms with van der Waals surface area (Å²) in [5, 5.41) is 0.546. The number of nitrogens with zero attached hydrogens (tertiary/aromatic N) is 2. The molecule has 1 aromatic heterocycles. The van der Waals surface area contributed by atoms with E-state index in [1.165, 1.54) is 28.4 Å². The van der Waals surface area contributed by atoms with Gasteiger partial charge in [0.15, 0.2) is 5.13 Å². The number of alkyl halides is 3. The summed E-state index contributed by atoms with van der Waals surface area (Å²) < 4.78 is 41.4. The Hall–Kier alpha value is -2.61. The minimum Gasteiger partial charge on any atom is -0.406 e. The molecule has 0 spiro atoms. The van der Waals surface area contributed by atoms with Crippen LogP contribution >= 0.6 is 11.3 Å². The lowest BCUT2D eigenvalue weighted by Gasteiger charge is -2.18. The first kappa shape index (κ1) is 17.2. The Morgan fingerprint density at radius 1 is 1.16 bits per heavy atom. The third kappa shape index (κ3) is 3.90. The van der Waals surface area contributed by atoms with Crippen molar-refractivity contribution in [3.05, 3.63) is 54.1 Å². The molecular formula is C17H13F3N2O2S. The van der Waals surface area contributed by atoms with E-state index in [4.69, 9.17) is 0 Å². The van der Waals surface area contributed by atoms with Gasteiger partial charge in [0.2, 0.25) is 0 Å². The number of benzene rings is 2. The van der Waals surface area contributed by atoms with Gasteiger partial charge in [-0.05, 0) is 43.3 Å². The summed E-state index contributed by atoms with van der Waals surface area (Å²) in [4.78, 5) is 18.6. The van der Waals surface area contributed by atoms with Crippen molar-refractivity contribution in [1.29, 1.82) is 0 Å². The van der Waals surface area contributed by atoms with Crippen LogP contribution in [0.4, 0.5) is 18.3 Å². The van der Waals surface area contributed by atoms with Crippen LogP contribution in [0.5, 0.6) is 5.75 Å². The van der Waals surface area contributed by atoms with Gasteiger partial charge in [-0.1, -0.05) is 23.5 Å². The molecule has 8 heteroatoms. The second-order valence-corrected chi connectivity index (χ2v) is 6.09. The van der Waals surface area contributed by atoms with Crippen molar-refractivity contribution >= 4 is 32.6 Å². The zero-order valence-electron chi connectivity index (χ0n) is 13.1. The summed E-state index contributed by atoms with van der Waals surface area (Å²) >= 11 is 1.38. The lowest BCUT2D eigenvalue weighted by molar-refractivity contribution is -0.274. The molecule has 25 heavy (non-hydrogen) atoms. The quantitative estimate of drug-likeness (QED) is 0.662. The maximum Gasteiger partial charge on any atom is 0.573 e. The molecule has 0 saturated carbocycles. The van der Waals surface area contributed by atoms with Crippen molar-refractivity contribution < 1.29 is 22.7 Å². The SMILES string of the molecule is CCN(C(=O)c1ccc(OC(F)(F)F)cc1)c1nc2ccccc2s1. The van der Waals surface area contributed by atoms with Gasteiger partial charge in [-0.25, -0.2) is 4.98 Å². The highest BCUT2D eigenvalue weighted by Gasteiger charge is 2.31. The van der Waals surface area contributed by atoms with Crippen molar-refractivity contribution in [2.45, 2.75) is 13.3 Å². The summed E-state index contributed by atoms with van der Waals surface area (Å²) in [6.45, 7) is 2.20. The molecule has 1 amide bonds. The van der Waals surface area contributed by atoms with Gasteiger partial charge >= 0.3 is 6.36 Å². The highest BCUT2D eigenvalue weighted by Crippen LogP contribution is 2.30. The highest BCUT2D eigenvalue weighted by molar-refractivity contribution is 7.22. The van der Waals surface area contributed by atoms with E-state index in [1.54, 1.807) is 0 Å². The molecule has 0 bridgehead atoms. The number of fused-ring (bicyclic) bond motifs is 1. The van der Waals surface area contributed by atoms with E-state index in [9.17, 15) is 18.0 Å². The summed E-state index contributed by atoms with van der Waals surface area (Å²) in [7, 11) is 0. The lowest BCUT2D eigenvalue weighted by atomic mass is 10.2. The van der Waals surface area contributed by atoms with E-state index in [-0.39, 0.29) is 17.2 Å². The van der Waals surface area contributed by atoms with E-state index < -0.39 is 6.36 Å². The predicted octanol–water partition coefficient (Wildman–Crippen LogP) is 4.86. The van der Waals surface area contributed by atoms with Crippen molar-refractivity contribution in [3.8, 4) is 5.75 Å². The maximum absolute atomic E-state index is 12.7. The molecule has 1 heterocycles. The number of anilines is 1. The van der Waals surface area contributed by atoms with Crippen LogP contribution in [-0.4, -0.2) is 23.8 Å². The Kier molecular flexibility index (Phi) is 4.63. The molecular weight excluding hydrogens is 353 g/mol. The number of halogens is 3. The van der Waals surface area contributed by atoms with Crippen molar-refractivity contribution in [1.82, 2.24) is 4.98 Å². The second-order valence-electron chi connectivity index (χ2n) is 5.09. The Morgan fingerprint density at radius 2 is 1.84 bits per heavy atom. The topological polar surface area (TPSA) is 42.4 Å². The molecule has 0 aliphatic carbocycles. The minimum atomic E-state index is -4.76. The number of amides is 1. The summed E-state index contributed by atoms with van der Waals surface area (Å²) in [6.07, 6.45) is -4.76. The lowest BCUT2D eigenvalue weighted by Crippen LogP contribution is -2.30. The van der Waals surface area contributed by atoms with E-state index in [0.717, 1.165) is 22.3 Å². The molecule has 0 unspecified atom stereocenters. The van der Waals surface area contributed by atoms with Gasteiger partial charge < -0.3 is 4.74 Å². The number of para-hydroxylation sites is 1. The maximum atomic E-state index is 12.7. The van der Waals surface area contributed by atoms with Gasteiger partial charge in [0, 0.05) is 12.1 Å². The van der Waals surface area contributed by atoms with Crippen LogP contribution in [0.3, 0.4) is 0 Å². The standard InChI is InChI=1S/C17H13F3N2O2S/c1-2-22(16-21-13-5-3-4-6-14(13)25-16)15(23)11-7-9-12(10-8-11)24-17(18,19)20/h3-10H,2H2,1H3. The van der Waals surface area contributed by atoms with Crippen molar-refractivity contribution in [2.24, 2.45) is 0 Å². The minimum absolute atomic E-state index is 0.260. The van der Waals surface area contributed by atoms with Crippen LogP contribution in [0.25, 0.3) is 10.2 Å². The molecule has 4 nitrogen and oxygen atoms in total. The van der Waals surface area contributed by atoms with Crippen LogP contribution in [0.2, 0.25) is 0 Å². The Labute approximate surface area is 145 Å². The second kappa shape index (κ2) is 6.72. The zero-order chi connectivity index (χ0) is 18.0. The van der Waals surface area contributed by atoms with Crippen LogP contribution in [-0.2, 0) is 0 Å². The number of hydrogen-bond acceptors (Lipinski definition) is 4. The summed E-state index contributed by atoms with van der Waals surface area (Å²) in [5.41, 5.74) is 1.05. The molecule has 0 saturated heterocycles. The number of carbonyl (C=O) groups is 1. The van der Waals surface area contributed by atoms with Crippen LogP contribution < -0.4 is 9.64 Å². The number of ether oxygens (including phenoxy) is 1. The highest BCUT2D eigenvalue weighted by atomic mass is 32.1. The van der Waals surface area contributed by atoms with Crippen LogP contribution in [0, 0.1) is 0 Å². The first-order chi connectivity index (χ1) is 11.9. The fourth-order valence-corrected chi connectivity index (χ4v) is 3.32. The molecule has 0 aliphatic heterocycles. The van der Waals surface area contributed by atoms with Crippen LogP contribution in [0.15, 0.2) is 48.5 Å². The first-order valence-electron chi connectivity index (χ1n) is 7.40. The fourth-order valence-electron chi connectivity index (χ4n) is 2.30. The van der Waals surface area contributed by atoms with E-state index in [2.05, 4.69) is 9.72 Å². The largest absolute Gasteiger partial charge is 0.573 e. The molecule has 0 atom stereocenters. The predicted molar refractivity (Wildman–Crippen MR) is 90.1 cm³/mol. The fraction of sp³-hybridized carbons (Fsp3) is 0.176. The van der Waals surface area contributed by atoms with E-state index in [0.29, 0.717) is 11.7 Å². The van der Waals surface area contributed by atoms with Gasteiger partial charge in [-0.3, -0.25) is 9.69 Å². The average molecular weight is 366 g/mol. The Balaban J connectivity index is 1.84. The summed E-state index contributed by atoms with van der Waals surface area (Å²) in [6, 6.07) is 12.4. The van der Waals surface area contributed by atoms with E-state index >= 15 is 0 Å². The van der Waals surface area contributed by atoms with Gasteiger partial charge in [0.25, 0.3) is 5.91 Å². The molecule has 0 fully saturated rings. The molecule has 0 aliphatic rings. The van der Waals surface area contributed by atoms with Crippen LogP contribution in [0.1, 0.15) is 17.3 Å². The van der Waals surface area contributed by atoms with Crippen molar-refractivity contribution in [3.63, 3.8) is 0 Å². The summed E-state index contributed by atoms with van der Waals surface area (Å²) in [5.74, 6) is -0.702. The zero-order valence-corrected chi connectivity index (χ0v) is 13.9. The van der Waals surface area contributed by atoms with Gasteiger partial charge in [-0.15, -0.1) is 13.2 Å².